The third-order valence-corrected chi connectivity index (χ3v) is 9.20. The van der Waals surface area contributed by atoms with Gasteiger partial charge in [-0.15, -0.1) is 11.8 Å². The Morgan fingerprint density at radius 1 is 0.792 bits per heavy atom. The van der Waals surface area contributed by atoms with Crippen molar-refractivity contribution < 1.29 is 39.3 Å². The van der Waals surface area contributed by atoms with Gasteiger partial charge in [-0.05, 0) is 58.5 Å². The Bertz CT molecular complexity index is 1710. The lowest BCUT2D eigenvalue weighted by Gasteiger charge is -2.36. The molecule has 250 valence electrons. The minimum absolute atomic E-state index is 0.0499. The molecule has 0 spiro atoms. The fourth-order valence-corrected chi connectivity index (χ4v) is 6.52. The highest BCUT2D eigenvalue weighted by molar-refractivity contribution is 7.99. The van der Waals surface area contributed by atoms with Crippen molar-refractivity contribution in [3.63, 3.8) is 0 Å². The fourth-order valence-electron chi connectivity index (χ4n) is 5.45. The average molecular weight is 671 g/mol. The number of nitrogens with one attached hydrogen (secondary N) is 2. The number of amides is 2. The van der Waals surface area contributed by atoms with Gasteiger partial charge in [0.15, 0.2) is 6.29 Å². The van der Waals surface area contributed by atoms with E-state index in [2.05, 4.69) is 5.32 Å². The zero-order valence-electron chi connectivity index (χ0n) is 26.2. The Morgan fingerprint density at radius 2 is 1.52 bits per heavy atom. The summed E-state index contributed by atoms with van der Waals surface area (Å²) in [6, 6.07) is 30.4. The van der Waals surface area contributed by atoms with Crippen LogP contribution in [-0.4, -0.2) is 45.1 Å². The van der Waals surface area contributed by atoms with E-state index in [1.54, 1.807) is 23.7 Å². The number of hydrogen-bond donors (Lipinski definition) is 5. The molecule has 0 aromatic heterocycles. The fraction of sp³-hybridized carbons (Fsp3) is 0.270. The highest BCUT2D eigenvalue weighted by Gasteiger charge is 2.32. The van der Waals surface area contributed by atoms with E-state index in [9.17, 15) is 24.6 Å². The number of aliphatic hydroxyl groups excluding tert-OH is 1. The molecule has 1 fully saturated rings. The lowest BCUT2D eigenvalue weighted by molar-refractivity contribution is -0.245. The molecule has 3 atom stereocenters. The second kappa shape index (κ2) is 17.0. The monoisotopic (exact) mass is 670 g/mol. The van der Waals surface area contributed by atoms with E-state index in [4.69, 9.17) is 14.7 Å². The molecule has 0 radical (unpaired) electrons. The molecule has 5 rings (SSSR count). The van der Waals surface area contributed by atoms with Crippen molar-refractivity contribution in [3.05, 3.63) is 125 Å². The zero-order valence-corrected chi connectivity index (χ0v) is 27.0. The number of aliphatic hydroxyl groups is 1. The van der Waals surface area contributed by atoms with Crippen LogP contribution in [-0.2, 0) is 32.2 Å². The highest BCUT2D eigenvalue weighted by Crippen LogP contribution is 2.40. The normalized spacial score (nSPS) is 17.4. The van der Waals surface area contributed by atoms with Crippen LogP contribution in [0, 0.1) is 0 Å². The van der Waals surface area contributed by atoms with Crippen molar-refractivity contribution in [2.24, 2.45) is 0 Å². The molecule has 4 aromatic carbocycles. The van der Waals surface area contributed by atoms with Crippen LogP contribution in [0.2, 0.25) is 0 Å². The van der Waals surface area contributed by atoms with Crippen LogP contribution in [0.15, 0.2) is 102 Å². The number of carboxylic acid groups (broad SMARTS) is 1. The number of aromatic carboxylic acids is 1. The van der Waals surface area contributed by atoms with Crippen molar-refractivity contribution in [2.75, 3.05) is 5.75 Å². The van der Waals surface area contributed by atoms with Gasteiger partial charge in [0.25, 0.3) is 0 Å². The zero-order chi connectivity index (χ0) is 33.9. The molecule has 11 heteroatoms. The van der Waals surface area contributed by atoms with Gasteiger partial charge < -0.3 is 25.0 Å². The first-order valence-corrected chi connectivity index (χ1v) is 16.7. The van der Waals surface area contributed by atoms with Crippen LogP contribution in [0.25, 0.3) is 11.1 Å². The SMILES string of the molecule is O=C(CCCC(=O)NCc1cccc(-c2cccc(C3OC(CSc4ccccc4C(=O)O)CC(c4ccc(CO)cc4)O3)c2)c1)NO. The number of hydrogen-bond acceptors (Lipinski definition) is 8. The maximum absolute atomic E-state index is 12.3. The number of carbonyl (C=O) groups is 3. The molecule has 1 saturated heterocycles. The predicted molar refractivity (Wildman–Crippen MR) is 180 cm³/mol. The molecule has 0 aliphatic carbocycles. The van der Waals surface area contributed by atoms with Crippen LogP contribution < -0.4 is 10.8 Å². The Morgan fingerprint density at radius 3 is 2.27 bits per heavy atom. The number of carboxylic acids is 1. The maximum Gasteiger partial charge on any atom is 0.336 e. The summed E-state index contributed by atoms with van der Waals surface area (Å²) in [5.41, 5.74) is 7.22. The maximum atomic E-state index is 12.3. The molecule has 1 heterocycles. The van der Waals surface area contributed by atoms with E-state index in [0.29, 0.717) is 30.0 Å². The van der Waals surface area contributed by atoms with E-state index in [0.717, 1.165) is 33.4 Å². The molecular formula is C37H38N2O8S. The molecule has 3 unspecified atom stereocenters. The summed E-state index contributed by atoms with van der Waals surface area (Å²) in [6.07, 6.45) is -0.0675. The number of hydroxylamine groups is 1. The second-order valence-corrected chi connectivity index (χ2v) is 12.5. The molecule has 1 aliphatic rings. The lowest BCUT2D eigenvalue weighted by atomic mass is 9.99. The molecule has 48 heavy (non-hydrogen) atoms. The summed E-state index contributed by atoms with van der Waals surface area (Å²) < 4.78 is 13.0. The average Bonchev–Trinajstić information content (AvgIpc) is 3.13. The van der Waals surface area contributed by atoms with Gasteiger partial charge in [0.05, 0.1) is 24.4 Å². The molecule has 0 saturated carbocycles. The van der Waals surface area contributed by atoms with Gasteiger partial charge in [-0.3, -0.25) is 14.8 Å². The first kappa shape index (κ1) is 34.8. The van der Waals surface area contributed by atoms with E-state index < -0.39 is 18.2 Å². The van der Waals surface area contributed by atoms with Crippen molar-refractivity contribution >= 4 is 29.5 Å². The van der Waals surface area contributed by atoms with Gasteiger partial charge >= 0.3 is 5.97 Å². The van der Waals surface area contributed by atoms with Crippen LogP contribution in [0.1, 0.15) is 70.7 Å². The third kappa shape index (κ3) is 9.52. The van der Waals surface area contributed by atoms with Gasteiger partial charge in [-0.1, -0.05) is 72.8 Å². The predicted octanol–water partition coefficient (Wildman–Crippen LogP) is 6.17. The number of rotatable bonds is 14. The summed E-state index contributed by atoms with van der Waals surface area (Å²) >= 11 is 1.44. The van der Waals surface area contributed by atoms with Gasteiger partial charge in [-0.25, -0.2) is 10.3 Å². The lowest BCUT2D eigenvalue weighted by Crippen LogP contribution is -2.31. The second-order valence-electron chi connectivity index (χ2n) is 11.5. The summed E-state index contributed by atoms with van der Waals surface area (Å²) in [5, 5.41) is 30.7. The Balaban J connectivity index is 1.31. The number of thioether (sulfide) groups is 1. The quantitative estimate of drug-likeness (QED) is 0.0602. The van der Waals surface area contributed by atoms with E-state index in [1.165, 1.54) is 11.8 Å². The Labute approximate surface area is 283 Å². The van der Waals surface area contributed by atoms with E-state index in [1.807, 2.05) is 78.9 Å². The third-order valence-electron chi connectivity index (χ3n) is 8.00. The smallest absolute Gasteiger partial charge is 0.336 e. The highest BCUT2D eigenvalue weighted by atomic mass is 32.2. The molecular weight excluding hydrogens is 632 g/mol. The van der Waals surface area contributed by atoms with E-state index in [-0.39, 0.29) is 43.1 Å². The largest absolute Gasteiger partial charge is 0.478 e. The standard InChI is InChI=1S/C37H38N2O8S/c40-22-24-14-16-26(17-15-24)32-20-30(23-48-33-11-2-1-10-31(33)36(43)44)46-37(47-32)29-9-4-8-28(19-29)27-7-3-6-25(18-27)21-38-34(41)12-5-13-35(42)39-45/h1-4,6-11,14-19,30,32,37,40,45H,5,12-13,20-23H2,(H,38,41)(H,39,42)(H,43,44). The van der Waals surface area contributed by atoms with Crippen LogP contribution in [0.3, 0.4) is 0 Å². The van der Waals surface area contributed by atoms with Gasteiger partial charge in [0, 0.05) is 42.0 Å². The Kier molecular flexibility index (Phi) is 12.4. The van der Waals surface area contributed by atoms with Crippen LogP contribution in [0.4, 0.5) is 0 Å². The molecule has 1 aliphatic heterocycles. The first-order valence-electron chi connectivity index (χ1n) is 15.7. The van der Waals surface area contributed by atoms with Crippen molar-refractivity contribution in [1.82, 2.24) is 10.8 Å². The molecule has 4 aromatic rings. The summed E-state index contributed by atoms with van der Waals surface area (Å²) in [6.45, 7) is 0.278. The van der Waals surface area contributed by atoms with Crippen molar-refractivity contribution in [1.29, 1.82) is 0 Å². The van der Waals surface area contributed by atoms with Crippen molar-refractivity contribution in [3.8, 4) is 11.1 Å². The minimum Gasteiger partial charge on any atom is -0.478 e. The van der Waals surface area contributed by atoms with Crippen molar-refractivity contribution in [2.45, 2.75) is 62.2 Å². The molecule has 0 bridgehead atoms. The van der Waals surface area contributed by atoms with Gasteiger partial charge in [-0.2, -0.15) is 0 Å². The minimum atomic E-state index is -0.973. The number of ether oxygens (including phenoxy) is 2. The van der Waals surface area contributed by atoms with E-state index >= 15 is 0 Å². The summed E-state index contributed by atoms with van der Waals surface area (Å²) in [4.78, 5) is 35.9. The molecule has 5 N–H and O–H groups in total. The topological polar surface area (TPSA) is 154 Å². The van der Waals surface area contributed by atoms with Crippen LogP contribution in [0.5, 0.6) is 0 Å². The molecule has 2 amide bonds. The van der Waals surface area contributed by atoms with Gasteiger partial charge in [0.1, 0.15) is 0 Å². The number of benzene rings is 4. The molecule has 10 nitrogen and oxygen atoms in total. The first-order chi connectivity index (χ1) is 23.3. The van der Waals surface area contributed by atoms with Crippen LogP contribution >= 0.6 is 11.8 Å². The Hall–Kier alpha value is -4.52. The number of carbonyl (C=O) groups excluding carboxylic acids is 2. The summed E-state index contributed by atoms with van der Waals surface area (Å²) in [7, 11) is 0. The summed E-state index contributed by atoms with van der Waals surface area (Å²) in [5.74, 6) is -1.15. The van der Waals surface area contributed by atoms with Gasteiger partial charge in [0.2, 0.25) is 11.8 Å².